The van der Waals surface area contributed by atoms with E-state index in [1.807, 2.05) is 25.2 Å². The first-order valence-electron chi connectivity index (χ1n) is 6.51. The van der Waals surface area contributed by atoms with Gasteiger partial charge in [-0.1, -0.05) is 46.3 Å². The summed E-state index contributed by atoms with van der Waals surface area (Å²) in [5.74, 6) is -0.205. The highest BCUT2D eigenvalue weighted by molar-refractivity contribution is 9.10. The molecular weight excluding hydrogens is 319 g/mol. The summed E-state index contributed by atoms with van der Waals surface area (Å²) < 4.78 is 14.9. The molecule has 106 valence electrons. The Morgan fingerprint density at radius 3 is 2.60 bits per heavy atom. The molecule has 0 aliphatic rings. The normalized spacial score (nSPS) is 12.7. The van der Waals surface area contributed by atoms with Crippen molar-refractivity contribution < 1.29 is 4.39 Å². The van der Waals surface area contributed by atoms with Gasteiger partial charge in [-0.25, -0.2) is 4.39 Å². The van der Waals surface area contributed by atoms with E-state index >= 15 is 0 Å². The van der Waals surface area contributed by atoms with Gasteiger partial charge >= 0.3 is 0 Å². The van der Waals surface area contributed by atoms with E-state index < -0.39 is 0 Å². The third-order valence-corrected chi connectivity index (χ3v) is 3.83. The van der Waals surface area contributed by atoms with Gasteiger partial charge < -0.3 is 5.73 Å². The zero-order valence-corrected chi connectivity index (χ0v) is 13.0. The van der Waals surface area contributed by atoms with Gasteiger partial charge in [0.05, 0.1) is 0 Å². The zero-order chi connectivity index (χ0) is 14.5. The van der Waals surface area contributed by atoms with Crippen molar-refractivity contribution in [1.29, 1.82) is 0 Å². The third-order valence-electron chi connectivity index (χ3n) is 3.34. The van der Waals surface area contributed by atoms with Gasteiger partial charge in [0.2, 0.25) is 0 Å². The Morgan fingerprint density at radius 1 is 1.20 bits per heavy atom. The van der Waals surface area contributed by atoms with E-state index in [1.54, 1.807) is 12.1 Å². The van der Waals surface area contributed by atoms with Crippen molar-refractivity contribution in [3.63, 3.8) is 0 Å². The fourth-order valence-corrected chi connectivity index (χ4v) is 2.77. The second-order valence-corrected chi connectivity index (χ2v) is 5.73. The minimum Gasteiger partial charge on any atom is -0.329 e. The lowest BCUT2D eigenvalue weighted by Crippen LogP contribution is -2.30. The molecule has 0 saturated heterocycles. The molecule has 2 rings (SSSR count). The summed E-state index contributed by atoms with van der Waals surface area (Å²) in [5, 5.41) is 0. The van der Waals surface area contributed by atoms with Crippen molar-refractivity contribution in [2.24, 2.45) is 5.73 Å². The molecule has 0 fully saturated rings. The molecular formula is C16H18BrFN2. The number of likely N-dealkylation sites (N-methyl/N-ethyl adjacent to an activating group) is 1. The summed E-state index contributed by atoms with van der Waals surface area (Å²) in [6.07, 6.45) is 0. The monoisotopic (exact) mass is 336 g/mol. The number of nitrogens with zero attached hydrogens (tertiary/aromatic N) is 1. The zero-order valence-electron chi connectivity index (χ0n) is 11.4. The number of hydrogen-bond donors (Lipinski definition) is 1. The summed E-state index contributed by atoms with van der Waals surface area (Å²) in [4.78, 5) is 2.07. The fraction of sp³-hybridized carbons (Fsp3) is 0.250. The average Bonchev–Trinajstić information content (AvgIpc) is 2.41. The van der Waals surface area contributed by atoms with Gasteiger partial charge in [0.15, 0.2) is 0 Å². The molecule has 0 aromatic heterocycles. The van der Waals surface area contributed by atoms with Crippen molar-refractivity contribution in [2.45, 2.75) is 12.6 Å². The van der Waals surface area contributed by atoms with Crippen molar-refractivity contribution in [2.75, 3.05) is 13.6 Å². The highest BCUT2D eigenvalue weighted by atomic mass is 79.9. The Labute approximate surface area is 127 Å². The van der Waals surface area contributed by atoms with E-state index in [0.717, 1.165) is 16.6 Å². The van der Waals surface area contributed by atoms with E-state index in [9.17, 15) is 4.39 Å². The van der Waals surface area contributed by atoms with Crippen LogP contribution >= 0.6 is 15.9 Å². The van der Waals surface area contributed by atoms with Crippen LogP contribution in [0, 0.1) is 5.82 Å². The number of halogens is 2. The topological polar surface area (TPSA) is 29.3 Å². The van der Waals surface area contributed by atoms with Crippen molar-refractivity contribution in [1.82, 2.24) is 4.90 Å². The molecule has 0 aliphatic carbocycles. The molecule has 0 amide bonds. The second-order valence-electron chi connectivity index (χ2n) is 4.82. The smallest absolute Gasteiger partial charge is 0.128 e. The first-order valence-corrected chi connectivity index (χ1v) is 7.30. The van der Waals surface area contributed by atoms with Crippen molar-refractivity contribution in [3.05, 3.63) is 69.9 Å². The van der Waals surface area contributed by atoms with Gasteiger partial charge in [-0.15, -0.1) is 0 Å². The first-order chi connectivity index (χ1) is 9.61. The molecule has 2 N–H and O–H groups in total. The number of benzene rings is 2. The van der Waals surface area contributed by atoms with Crippen LogP contribution in [0.3, 0.4) is 0 Å². The number of nitrogens with two attached hydrogens (primary N) is 1. The molecule has 2 aromatic rings. The van der Waals surface area contributed by atoms with E-state index in [0.29, 0.717) is 12.1 Å². The van der Waals surface area contributed by atoms with Gasteiger partial charge in [-0.2, -0.15) is 0 Å². The molecule has 2 aromatic carbocycles. The van der Waals surface area contributed by atoms with Crippen LogP contribution in [0.15, 0.2) is 53.0 Å². The summed E-state index contributed by atoms with van der Waals surface area (Å²) in [6.45, 7) is 1.10. The molecule has 0 saturated carbocycles. The van der Waals surface area contributed by atoms with Gasteiger partial charge in [0.25, 0.3) is 0 Å². The molecule has 4 heteroatoms. The molecule has 0 bridgehead atoms. The second kappa shape index (κ2) is 6.97. The minimum absolute atomic E-state index is 0.129. The SMILES string of the molecule is CN(Cc1cccc(Br)c1)C(CN)c1ccccc1F. The molecule has 20 heavy (non-hydrogen) atoms. The molecule has 0 radical (unpaired) electrons. The summed E-state index contributed by atoms with van der Waals surface area (Å²) in [7, 11) is 1.96. The summed E-state index contributed by atoms with van der Waals surface area (Å²) in [5.41, 5.74) is 7.65. The van der Waals surface area contributed by atoms with Crippen molar-refractivity contribution >= 4 is 15.9 Å². The Bertz CT molecular complexity index is 574. The van der Waals surface area contributed by atoms with E-state index in [1.165, 1.54) is 6.07 Å². The fourth-order valence-electron chi connectivity index (χ4n) is 2.32. The highest BCUT2D eigenvalue weighted by Gasteiger charge is 2.18. The number of rotatable bonds is 5. The Hall–Kier alpha value is -1.23. The average molecular weight is 337 g/mol. The maximum atomic E-state index is 13.9. The van der Waals surface area contributed by atoms with Crippen LogP contribution < -0.4 is 5.73 Å². The van der Waals surface area contributed by atoms with Gasteiger partial charge in [0.1, 0.15) is 5.82 Å². The standard InChI is InChI=1S/C16H18BrFN2/c1-20(11-12-5-4-6-13(17)9-12)16(10-19)14-7-2-3-8-15(14)18/h2-9,16H,10-11,19H2,1H3. The molecule has 1 unspecified atom stereocenters. The molecule has 0 aliphatic heterocycles. The third kappa shape index (κ3) is 3.66. The largest absolute Gasteiger partial charge is 0.329 e. The first kappa shape index (κ1) is 15.2. The maximum absolute atomic E-state index is 13.9. The predicted molar refractivity (Wildman–Crippen MR) is 83.8 cm³/mol. The summed E-state index contributed by atoms with van der Waals surface area (Å²) in [6, 6.07) is 14.8. The van der Waals surface area contributed by atoms with Crippen LogP contribution in [0.1, 0.15) is 17.2 Å². The highest BCUT2D eigenvalue weighted by Crippen LogP contribution is 2.23. The van der Waals surface area contributed by atoms with E-state index in [-0.39, 0.29) is 11.9 Å². The quantitative estimate of drug-likeness (QED) is 0.901. The van der Waals surface area contributed by atoms with E-state index in [2.05, 4.69) is 33.0 Å². The van der Waals surface area contributed by atoms with Gasteiger partial charge in [-0.05, 0) is 30.8 Å². The number of hydrogen-bond acceptors (Lipinski definition) is 2. The minimum atomic E-state index is -0.205. The van der Waals surface area contributed by atoms with Crippen LogP contribution in [0.2, 0.25) is 0 Å². The summed E-state index contributed by atoms with van der Waals surface area (Å²) >= 11 is 3.46. The van der Waals surface area contributed by atoms with Crippen LogP contribution in [0.25, 0.3) is 0 Å². The van der Waals surface area contributed by atoms with Crippen LogP contribution in [-0.4, -0.2) is 18.5 Å². The van der Waals surface area contributed by atoms with Gasteiger partial charge in [-0.3, -0.25) is 4.90 Å². The predicted octanol–water partition coefficient (Wildman–Crippen LogP) is 3.72. The van der Waals surface area contributed by atoms with Gasteiger partial charge in [0, 0.05) is 29.2 Å². The maximum Gasteiger partial charge on any atom is 0.128 e. The van der Waals surface area contributed by atoms with Crippen LogP contribution in [0.4, 0.5) is 4.39 Å². The Morgan fingerprint density at radius 2 is 1.95 bits per heavy atom. The Kier molecular flexibility index (Phi) is 5.29. The molecule has 0 heterocycles. The molecule has 1 atom stereocenters. The Balaban J connectivity index is 2.18. The molecule has 0 spiro atoms. The van der Waals surface area contributed by atoms with Crippen molar-refractivity contribution in [3.8, 4) is 0 Å². The lowest BCUT2D eigenvalue weighted by Gasteiger charge is -2.27. The van der Waals surface area contributed by atoms with Crippen LogP contribution in [-0.2, 0) is 6.54 Å². The lowest BCUT2D eigenvalue weighted by molar-refractivity contribution is 0.236. The molecule has 2 nitrogen and oxygen atoms in total. The van der Waals surface area contributed by atoms with Crippen LogP contribution in [0.5, 0.6) is 0 Å². The van der Waals surface area contributed by atoms with E-state index in [4.69, 9.17) is 5.73 Å². The lowest BCUT2D eigenvalue weighted by atomic mass is 10.0.